The number of rotatable bonds is 2. The van der Waals surface area contributed by atoms with Gasteiger partial charge < -0.3 is 4.74 Å². The zero-order valence-corrected chi connectivity index (χ0v) is 17.0. The lowest BCUT2D eigenvalue weighted by Crippen LogP contribution is -2.37. The average Bonchev–Trinajstić information content (AvgIpc) is 3.35. The van der Waals surface area contributed by atoms with Crippen molar-refractivity contribution in [3.8, 4) is 39.8 Å². The van der Waals surface area contributed by atoms with Crippen molar-refractivity contribution < 1.29 is 4.74 Å². The number of fused-ring (bicyclic) bond motifs is 4. The third kappa shape index (κ3) is 3.32. The topological polar surface area (TPSA) is 104 Å². The molecule has 0 amide bonds. The molecule has 2 aliphatic rings. The Labute approximate surface area is 176 Å². The number of nitriles is 4. The van der Waals surface area contributed by atoms with E-state index in [0.717, 1.165) is 56.5 Å². The largest absolute Gasteiger partial charge is 0.481 e. The molecule has 0 N–H and O–H groups in total. The molecule has 0 radical (unpaired) electrons. The van der Waals surface area contributed by atoms with Crippen LogP contribution in [0.15, 0.2) is 23.3 Å². The standard InChI is InChI=1S/C22H14N4OS2/c23-10-14(11-24)6-16-8-18-20(28-16)21-19(27-22(18)4-2-1-3-5-22)9-17(29-21)7-15(12-25)13-26/h6-9H,1-5H2. The summed E-state index contributed by atoms with van der Waals surface area (Å²) in [5.74, 6) is 0.782. The van der Waals surface area contributed by atoms with E-state index in [1.807, 2.05) is 36.4 Å². The fraction of sp³-hybridized carbons (Fsp3) is 0.273. The minimum Gasteiger partial charge on any atom is -0.481 e. The molecule has 5 nitrogen and oxygen atoms in total. The Morgan fingerprint density at radius 2 is 1.38 bits per heavy atom. The molecular weight excluding hydrogens is 400 g/mol. The molecule has 4 rings (SSSR count). The summed E-state index contributed by atoms with van der Waals surface area (Å²) in [6, 6.07) is 11.6. The highest BCUT2D eigenvalue weighted by atomic mass is 32.1. The fourth-order valence-corrected chi connectivity index (χ4v) is 6.28. The monoisotopic (exact) mass is 414 g/mol. The summed E-state index contributed by atoms with van der Waals surface area (Å²) in [4.78, 5) is 3.72. The van der Waals surface area contributed by atoms with E-state index in [2.05, 4.69) is 0 Å². The van der Waals surface area contributed by atoms with Gasteiger partial charge >= 0.3 is 0 Å². The Bertz CT molecular complexity index is 1180. The van der Waals surface area contributed by atoms with Crippen LogP contribution in [0, 0.1) is 45.3 Å². The molecule has 1 aliphatic heterocycles. The van der Waals surface area contributed by atoms with Crippen LogP contribution in [0.3, 0.4) is 0 Å². The van der Waals surface area contributed by atoms with Crippen LogP contribution < -0.4 is 4.74 Å². The van der Waals surface area contributed by atoms with Crippen molar-refractivity contribution in [2.75, 3.05) is 0 Å². The summed E-state index contributed by atoms with van der Waals surface area (Å²) >= 11 is 3.03. The Balaban J connectivity index is 1.87. The molecule has 29 heavy (non-hydrogen) atoms. The molecule has 140 valence electrons. The van der Waals surface area contributed by atoms with Crippen molar-refractivity contribution in [3.05, 3.63) is 38.6 Å². The van der Waals surface area contributed by atoms with Gasteiger partial charge in [0.1, 0.15) is 46.8 Å². The first-order valence-corrected chi connectivity index (χ1v) is 10.8. The predicted molar refractivity (Wildman–Crippen MR) is 111 cm³/mol. The Morgan fingerprint density at radius 3 is 1.97 bits per heavy atom. The lowest BCUT2D eigenvalue weighted by Gasteiger charge is -2.40. The van der Waals surface area contributed by atoms with Crippen molar-refractivity contribution in [2.24, 2.45) is 0 Å². The van der Waals surface area contributed by atoms with Gasteiger partial charge in [0.2, 0.25) is 0 Å². The lowest BCUT2D eigenvalue weighted by atomic mass is 9.78. The maximum Gasteiger partial charge on any atom is 0.140 e. The van der Waals surface area contributed by atoms with Crippen molar-refractivity contribution >= 4 is 34.8 Å². The van der Waals surface area contributed by atoms with Crippen LogP contribution >= 0.6 is 22.7 Å². The molecule has 1 spiro atoms. The molecule has 3 heterocycles. The first-order chi connectivity index (χ1) is 14.1. The summed E-state index contributed by atoms with van der Waals surface area (Å²) in [6.07, 6.45) is 8.40. The SMILES string of the molecule is N#CC(C#N)=Cc1cc2c(s1)-c1sc(C=C(C#N)C#N)cc1C1(CCCCC1)O2. The molecule has 0 saturated heterocycles. The smallest absolute Gasteiger partial charge is 0.140 e. The Hall–Kier alpha value is -3.36. The quantitative estimate of drug-likeness (QED) is 0.570. The van der Waals surface area contributed by atoms with Gasteiger partial charge in [0, 0.05) is 15.3 Å². The maximum absolute atomic E-state index is 9.11. The highest BCUT2D eigenvalue weighted by Gasteiger charge is 2.43. The van der Waals surface area contributed by atoms with Crippen molar-refractivity contribution in [2.45, 2.75) is 37.7 Å². The number of hydrogen-bond acceptors (Lipinski definition) is 7. The maximum atomic E-state index is 9.11. The Kier molecular flexibility index (Phi) is 4.96. The van der Waals surface area contributed by atoms with Crippen molar-refractivity contribution in [1.29, 1.82) is 21.0 Å². The van der Waals surface area contributed by atoms with E-state index in [4.69, 9.17) is 25.8 Å². The van der Waals surface area contributed by atoms with Crippen LogP contribution in [0.1, 0.15) is 47.4 Å². The third-order valence-corrected chi connectivity index (χ3v) is 7.50. The molecule has 7 heteroatoms. The van der Waals surface area contributed by atoms with E-state index in [9.17, 15) is 0 Å². The molecular formula is C22H14N4OS2. The summed E-state index contributed by atoms with van der Waals surface area (Å²) in [7, 11) is 0. The van der Waals surface area contributed by atoms with Gasteiger partial charge in [-0.15, -0.1) is 22.7 Å². The second-order valence-corrected chi connectivity index (χ2v) is 9.12. The minimum atomic E-state index is -0.391. The molecule has 1 saturated carbocycles. The summed E-state index contributed by atoms with van der Waals surface area (Å²) < 4.78 is 6.56. The fourth-order valence-electron chi connectivity index (χ4n) is 3.91. The molecule has 1 fully saturated rings. The van der Waals surface area contributed by atoms with Crippen LogP contribution in [-0.2, 0) is 5.60 Å². The summed E-state index contributed by atoms with van der Waals surface area (Å²) in [6.45, 7) is 0. The third-order valence-electron chi connectivity index (χ3n) is 5.19. The number of ether oxygens (including phenoxy) is 1. The van der Waals surface area contributed by atoms with Crippen molar-refractivity contribution in [3.63, 3.8) is 0 Å². The van der Waals surface area contributed by atoms with Crippen LogP contribution in [-0.4, -0.2) is 0 Å². The van der Waals surface area contributed by atoms with Crippen LogP contribution in [0.5, 0.6) is 5.75 Å². The van der Waals surface area contributed by atoms with Gasteiger partial charge in [0.05, 0.1) is 9.75 Å². The second kappa shape index (κ2) is 7.57. The Morgan fingerprint density at radius 1 is 0.828 bits per heavy atom. The lowest BCUT2D eigenvalue weighted by molar-refractivity contribution is 0.0251. The zero-order valence-electron chi connectivity index (χ0n) is 15.4. The van der Waals surface area contributed by atoms with Gasteiger partial charge in [0.15, 0.2) is 0 Å². The van der Waals surface area contributed by atoms with E-state index in [1.165, 1.54) is 17.8 Å². The first-order valence-electron chi connectivity index (χ1n) is 9.14. The highest BCUT2D eigenvalue weighted by molar-refractivity contribution is 7.23. The molecule has 1 aliphatic carbocycles. The van der Waals surface area contributed by atoms with E-state index < -0.39 is 5.60 Å². The van der Waals surface area contributed by atoms with Gasteiger partial charge in [-0.3, -0.25) is 0 Å². The molecule has 0 aromatic carbocycles. The van der Waals surface area contributed by atoms with Crippen LogP contribution in [0.4, 0.5) is 0 Å². The number of nitrogens with zero attached hydrogens (tertiary/aromatic N) is 4. The van der Waals surface area contributed by atoms with E-state index in [1.54, 1.807) is 23.5 Å². The number of allylic oxidation sites excluding steroid dienone is 2. The minimum absolute atomic E-state index is 0.0543. The van der Waals surface area contributed by atoms with Gasteiger partial charge in [-0.05, 0) is 50.0 Å². The normalized spacial score (nSPS) is 15.3. The molecule has 0 unspecified atom stereocenters. The van der Waals surface area contributed by atoms with Crippen molar-refractivity contribution in [1.82, 2.24) is 0 Å². The predicted octanol–water partition coefficient (Wildman–Crippen LogP) is 5.89. The van der Waals surface area contributed by atoms with E-state index >= 15 is 0 Å². The van der Waals surface area contributed by atoms with E-state index in [0.29, 0.717) is 0 Å². The second-order valence-electron chi connectivity index (χ2n) is 6.95. The number of thiophene rings is 2. The van der Waals surface area contributed by atoms with Crippen LogP contribution in [0.2, 0.25) is 0 Å². The van der Waals surface area contributed by atoms with Gasteiger partial charge in [0.25, 0.3) is 0 Å². The van der Waals surface area contributed by atoms with Gasteiger partial charge in [-0.1, -0.05) is 6.42 Å². The summed E-state index contributed by atoms with van der Waals surface area (Å²) in [5.41, 5.74) is 0.857. The summed E-state index contributed by atoms with van der Waals surface area (Å²) in [5, 5.41) is 36.3. The van der Waals surface area contributed by atoms with E-state index in [-0.39, 0.29) is 11.1 Å². The molecule has 2 aromatic rings. The number of hydrogen-bond donors (Lipinski definition) is 0. The zero-order chi connectivity index (χ0) is 20.4. The highest BCUT2D eigenvalue weighted by Crippen LogP contribution is 2.56. The van der Waals surface area contributed by atoms with Gasteiger partial charge in [-0.25, -0.2) is 0 Å². The average molecular weight is 415 g/mol. The molecule has 0 atom stereocenters. The molecule has 0 bridgehead atoms. The van der Waals surface area contributed by atoms with Gasteiger partial charge in [-0.2, -0.15) is 21.0 Å². The molecule has 2 aromatic heterocycles. The van der Waals surface area contributed by atoms with Crippen LogP contribution in [0.25, 0.3) is 21.9 Å². The first kappa shape index (κ1) is 19.0.